The van der Waals surface area contributed by atoms with E-state index in [1.165, 1.54) is 5.57 Å². The Hall–Kier alpha value is -1.11. The lowest BCUT2D eigenvalue weighted by Gasteiger charge is -2.43. The largest absolute Gasteiger partial charge is 0.378 e. The molecule has 0 aliphatic carbocycles. The topological polar surface area (TPSA) is 54.0 Å². The van der Waals surface area contributed by atoms with Gasteiger partial charge in [-0.15, -0.1) is 0 Å². The number of amides is 2. The van der Waals surface area contributed by atoms with Gasteiger partial charge >= 0.3 is 6.03 Å². The molecule has 3 rings (SSSR count). The van der Waals surface area contributed by atoms with Crippen molar-refractivity contribution in [2.24, 2.45) is 0 Å². The average molecular weight is 337 g/mol. The minimum Gasteiger partial charge on any atom is -0.378 e. The predicted molar refractivity (Wildman–Crippen MR) is 93.1 cm³/mol. The van der Waals surface area contributed by atoms with Crippen LogP contribution in [0.1, 0.15) is 33.1 Å². The van der Waals surface area contributed by atoms with Crippen LogP contribution in [0.5, 0.6) is 0 Å². The van der Waals surface area contributed by atoms with Crippen LogP contribution >= 0.6 is 0 Å². The summed E-state index contributed by atoms with van der Waals surface area (Å²) in [5.41, 5.74) is 0.906. The molecule has 3 fully saturated rings. The van der Waals surface area contributed by atoms with Crippen molar-refractivity contribution in [1.82, 2.24) is 15.1 Å². The molecule has 0 aromatic heterocycles. The van der Waals surface area contributed by atoms with Crippen molar-refractivity contribution < 1.29 is 14.3 Å². The Morgan fingerprint density at radius 2 is 2.12 bits per heavy atom. The first-order chi connectivity index (χ1) is 11.5. The Morgan fingerprint density at radius 1 is 1.38 bits per heavy atom. The lowest BCUT2D eigenvalue weighted by atomic mass is 9.99. The highest BCUT2D eigenvalue weighted by Crippen LogP contribution is 2.30. The smallest absolute Gasteiger partial charge is 0.317 e. The Kier molecular flexibility index (Phi) is 5.47. The van der Waals surface area contributed by atoms with Crippen LogP contribution in [-0.2, 0) is 9.47 Å². The number of hydrogen-bond acceptors (Lipinski definition) is 4. The Balaban J connectivity index is 1.49. The van der Waals surface area contributed by atoms with Gasteiger partial charge in [-0.2, -0.15) is 0 Å². The van der Waals surface area contributed by atoms with Crippen LogP contribution in [-0.4, -0.2) is 79.5 Å². The standard InChI is InChI=1S/C18H31N3O3/c1-14(2)10-20-7-4-16(5-8-20)19-17(22)21-11-15(3)24-18(12-21)6-9-23-13-18/h15-16H,1,4-13H2,2-3H3,(H,19,22)/t15-,18-/m1/s1. The number of nitrogens with one attached hydrogen (secondary N) is 1. The summed E-state index contributed by atoms with van der Waals surface area (Å²) in [4.78, 5) is 17.0. The highest BCUT2D eigenvalue weighted by molar-refractivity contribution is 5.74. The fourth-order valence-corrected chi connectivity index (χ4v) is 4.07. The third-order valence-electron chi connectivity index (χ3n) is 5.17. The lowest BCUT2D eigenvalue weighted by molar-refractivity contribution is -0.137. The van der Waals surface area contributed by atoms with Gasteiger partial charge in [-0.05, 0) is 26.7 Å². The van der Waals surface area contributed by atoms with Gasteiger partial charge in [0.15, 0.2) is 0 Å². The number of carbonyl (C=O) groups is 1. The van der Waals surface area contributed by atoms with E-state index in [4.69, 9.17) is 9.47 Å². The molecule has 0 aromatic rings. The molecule has 0 aromatic carbocycles. The van der Waals surface area contributed by atoms with E-state index in [0.717, 1.165) is 45.5 Å². The third kappa shape index (κ3) is 4.29. The van der Waals surface area contributed by atoms with Gasteiger partial charge in [-0.3, -0.25) is 4.90 Å². The summed E-state index contributed by atoms with van der Waals surface area (Å²) in [5.74, 6) is 0. The van der Waals surface area contributed by atoms with Crippen molar-refractivity contribution in [1.29, 1.82) is 0 Å². The summed E-state index contributed by atoms with van der Waals surface area (Å²) in [6.07, 6.45) is 2.95. The maximum absolute atomic E-state index is 12.7. The number of rotatable bonds is 3. The van der Waals surface area contributed by atoms with E-state index >= 15 is 0 Å². The van der Waals surface area contributed by atoms with Crippen molar-refractivity contribution in [3.8, 4) is 0 Å². The molecule has 0 bridgehead atoms. The van der Waals surface area contributed by atoms with E-state index in [-0.39, 0.29) is 23.8 Å². The van der Waals surface area contributed by atoms with E-state index in [1.807, 2.05) is 11.8 Å². The number of nitrogens with zero attached hydrogens (tertiary/aromatic N) is 2. The highest BCUT2D eigenvalue weighted by atomic mass is 16.6. The Morgan fingerprint density at radius 3 is 2.75 bits per heavy atom. The maximum Gasteiger partial charge on any atom is 0.317 e. The highest BCUT2D eigenvalue weighted by Gasteiger charge is 2.44. The fourth-order valence-electron chi connectivity index (χ4n) is 4.07. The van der Waals surface area contributed by atoms with Crippen molar-refractivity contribution in [3.63, 3.8) is 0 Å². The number of ether oxygens (including phenoxy) is 2. The van der Waals surface area contributed by atoms with E-state index in [2.05, 4.69) is 23.7 Å². The third-order valence-corrected chi connectivity index (χ3v) is 5.17. The molecule has 1 spiro atoms. The molecule has 1 N–H and O–H groups in total. The summed E-state index contributed by atoms with van der Waals surface area (Å²) in [6, 6.07) is 0.322. The number of urea groups is 1. The first kappa shape index (κ1) is 17.7. The van der Waals surface area contributed by atoms with Crippen molar-refractivity contribution >= 4 is 6.03 Å². The number of hydrogen-bond donors (Lipinski definition) is 1. The monoisotopic (exact) mass is 337 g/mol. The van der Waals surface area contributed by atoms with Gasteiger partial charge in [0.05, 0.1) is 19.3 Å². The summed E-state index contributed by atoms with van der Waals surface area (Å²) < 4.78 is 11.6. The molecule has 0 saturated carbocycles. The lowest BCUT2D eigenvalue weighted by Crippen LogP contribution is -2.60. The molecule has 24 heavy (non-hydrogen) atoms. The predicted octanol–water partition coefficient (Wildman–Crippen LogP) is 1.62. The summed E-state index contributed by atoms with van der Waals surface area (Å²) in [7, 11) is 0. The first-order valence-electron chi connectivity index (χ1n) is 9.13. The summed E-state index contributed by atoms with van der Waals surface area (Å²) >= 11 is 0. The summed E-state index contributed by atoms with van der Waals surface area (Å²) in [6.45, 7) is 13.7. The van der Waals surface area contributed by atoms with E-state index in [9.17, 15) is 4.79 Å². The molecule has 0 unspecified atom stereocenters. The van der Waals surface area contributed by atoms with E-state index in [0.29, 0.717) is 19.7 Å². The molecule has 0 radical (unpaired) electrons. The van der Waals surface area contributed by atoms with E-state index in [1.54, 1.807) is 0 Å². The number of morpholine rings is 1. The van der Waals surface area contributed by atoms with Crippen molar-refractivity contribution in [2.45, 2.75) is 50.9 Å². The molecule has 6 heteroatoms. The van der Waals surface area contributed by atoms with Gasteiger partial charge in [0.1, 0.15) is 5.60 Å². The van der Waals surface area contributed by atoms with Crippen LogP contribution in [0.3, 0.4) is 0 Å². The summed E-state index contributed by atoms with van der Waals surface area (Å²) in [5, 5.41) is 3.23. The molecule has 3 heterocycles. The van der Waals surface area contributed by atoms with Crippen LogP contribution in [0.15, 0.2) is 12.2 Å². The number of likely N-dealkylation sites (tertiary alicyclic amines) is 1. The zero-order valence-corrected chi connectivity index (χ0v) is 15.1. The molecule has 2 amide bonds. The molecule has 136 valence electrons. The maximum atomic E-state index is 12.7. The van der Waals surface area contributed by atoms with E-state index < -0.39 is 0 Å². The molecule has 3 aliphatic rings. The molecular weight excluding hydrogens is 306 g/mol. The van der Waals surface area contributed by atoms with Crippen molar-refractivity contribution in [2.75, 3.05) is 45.9 Å². The molecule has 6 nitrogen and oxygen atoms in total. The van der Waals surface area contributed by atoms with Gasteiger partial charge in [0.25, 0.3) is 0 Å². The zero-order valence-electron chi connectivity index (χ0n) is 15.1. The van der Waals surface area contributed by atoms with Crippen LogP contribution in [0, 0.1) is 0 Å². The van der Waals surface area contributed by atoms with Crippen LogP contribution in [0.2, 0.25) is 0 Å². The second-order valence-corrected chi connectivity index (χ2v) is 7.75. The second-order valence-electron chi connectivity index (χ2n) is 7.75. The second kappa shape index (κ2) is 7.42. The van der Waals surface area contributed by atoms with Gasteiger partial charge in [-0.25, -0.2) is 4.79 Å². The SMILES string of the molecule is C=C(C)CN1CCC(NC(=O)N2C[C@@H](C)O[C@]3(CCOC3)C2)CC1. The quantitative estimate of drug-likeness (QED) is 0.795. The normalized spacial score (nSPS) is 32.2. The van der Waals surface area contributed by atoms with Crippen LogP contribution < -0.4 is 5.32 Å². The van der Waals surface area contributed by atoms with Crippen LogP contribution in [0.25, 0.3) is 0 Å². The molecular formula is C18H31N3O3. The first-order valence-corrected chi connectivity index (χ1v) is 9.13. The van der Waals surface area contributed by atoms with Crippen molar-refractivity contribution in [3.05, 3.63) is 12.2 Å². The van der Waals surface area contributed by atoms with Gasteiger partial charge in [-0.1, -0.05) is 12.2 Å². The van der Waals surface area contributed by atoms with Gasteiger partial charge in [0, 0.05) is 45.2 Å². The Labute approximate surface area is 145 Å². The number of carbonyl (C=O) groups excluding carboxylic acids is 1. The molecule has 2 atom stereocenters. The van der Waals surface area contributed by atoms with Gasteiger partial charge in [0.2, 0.25) is 0 Å². The minimum absolute atomic E-state index is 0.0507. The molecule has 3 aliphatic heterocycles. The average Bonchev–Trinajstić information content (AvgIpc) is 2.95. The molecule has 3 saturated heterocycles. The Bertz CT molecular complexity index is 468. The fraction of sp³-hybridized carbons (Fsp3) is 0.833. The number of piperidine rings is 1. The zero-order chi connectivity index (χ0) is 17.2. The van der Waals surface area contributed by atoms with Crippen LogP contribution in [0.4, 0.5) is 4.79 Å². The van der Waals surface area contributed by atoms with Gasteiger partial charge < -0.3 is 19.7 Å². The minimum atomic E-state index is -0.292.